The maximum absolute atomic E-state index is 13.1. The van der Waals surface area contributed by atoms with Crippen LogP contribution in [0.4, 0.5) is 0 Å². The van der Waals surface area contributed by atoms with Crippen LogP contribution in [0.25, 0.3) is 0 Å². The van der Waals surface area contributed by atoms with Gasteiger partial charge in [-0.1, -0.05) is 6.92 Å². The van der Waals surface area contributed by atoms with Gasteiger partial charge in [0.05, 0.1) is 12.0 Å². The van der Waals surface area contributed by atoms with Crippen molar-refractivity contribution in [2.45, 2.75) is 58.0 Å². The molecule has 0 aromatic heterocycles. The minimum absolute atomic E-state index is 0.0502. The van der Waals surface area contributed by atoms with Crippen LogP contribution in [0.1, 0.15) is 51.9 Å². The van der Waals surface area contributed by atoms with Gasteiger partial charge in [-0.3, -0.25) is 9.59 Å². The molecular weight excluding hydrogens is 316 g/mol. The number of ether oxygens (including phenoxy) is 1. The highest BCUT2D eigenvalue weighted by Gasteiger charge is 2.47. The van der Waals surface area contributed by atoms with Gasteiger partial charge >= 0.3 is 0 Å². The van der Waals surface area contributed by atoms with Crippen molar-refractivity contribution in [3.63, 3.8) is 0 Å². The third-order valence-electron chi connectivity index (χ3n) is 7.01. The third kappa shape index (κ3) is 3.44. The lowest BCUT2D eigenvalue weighted by Crippen LogP contribution is -2.55. The molecule has 5 heteroatoms. The minimum atomic E-state index is -0.0502. The zero-order chi connectivity index (χ0) is 17.4. The molecule has 140 valence electrons. The van der Waals surface area contributed by atoms with E-state index >= 15 is 0 Å². The third-order valence-corrected chi connectivity index (χ3v) is 7.01. The van der Waals surface area contributed by atoms with E-state index in [1.165, 1.54) is 0 Å². The fraction of sp³-hybridized carbons (Fsp3) is 0.900. The number of carbonyl (C=O) groups is 2. The maximum atomic E-state index is 13.1. The first-order valence-electron chi connectivity index (χ1n) is 10.3. The lowest BCUT2D eigenvalue weighted by atomic mass is 9.79. The number of carbonyl (C=O) groups excluding carboxylic acids is 2. The zero-order valence-corrected chi connectivity index (χ0v) is 15.5. The molecule has 3 heterocycles. The predicted molar refractivity (Wildman–Crippen MR) is 94.9 cm³/mol. The van der Waals surface area contributed by atoms with Crippen LogP contribution in [-0.4, -0.2) is 60.5 Å². The molecule has 3 atom stereocenters. The van der Waals surface area contributed by atoms with Crippen LogP contribution in [-0.2, 0) is 14.3 Å². The SMILES string of the molecule is CC1CCC(C(=O)N2C[C@H]3OCC[C@H]3[C@H](C(=O)N3CCCC3)C2)CC1. The molecule has 0 radical (unpaired) electrons. The van der Waals surface area contributed by atoms with Crippen LogP contribution in [0, 0.1) is 23.7 Å². The van der Waals surface area contributed by atoms with Crippen molar-refractivity contribution in [3.05, 3.63) is 0 Å². The minimum Gasteiger partial charge on any atom is -0.376 e. The molecule has 0 aromatic carbocycles. The fourth-order valence-corrected chi connectivity index (χ4v) is 5.36. The largest absolute Gasteiger partial charge is 0.376 e. The predicted octanol–water partition coefficient (Wildman–Crippen LogP) is 2.30. The van der Waals surface area contributed by atoms with E-state index in [-0.39, 0.29) is 29.8 Å². The lowest BCUT2D eigenvalue weighted by molar-refractivity contribution is -0.149. The van der Waals surface area contributed by atoms with Gasteiger partial charge in [0.2, 0.25) is 11.8 Å². The molecule has 3 aliphatic heterocycles. The van der Waals surface area contributed by atoms with Gasteiger partial charge in [-0.05, 0) is 50.9 Å². The quantitative estimate of drug-likeness (QED) is 0.769. The molecule has 3 saturated heterocycles. The van der Waals surface area contributed by atoms with Crippen LogP contribution >= 0.6 is 0 Å². The van der Waals surface area contributed by atoms with Crippen molar-refractivity contribution in [2.75, 3.05) is 32.8 Å². The van der Waals surface area contributed by atoms with E-state index < -0.39 is 0 Å². The van der Waals surface area contributed by atoms with Gasteiger partial charge in [-0.25, -0.2) is 0 Å². The first kappa shape index (κ1) is 17.3. The molecule has 0 spiro atoms. The van der Waals surface area contributed by atoms with Crippen molar-refractivity contribution in [2.24, 2.45) is 23.7 Å². The van der Waals surface area contributed by atoms with E-state index in [4.69, 9.17) is 4.74 Å². The summed E-state index contributed by atoms with van der Waals surface area (Å²) < 4.78 is 5.92. The number of piperidine rings is 1. The number of hydrogen-bond donors (Lipinski definition) is 0. The molecule has 4 fully saturated rings. The van der Waals surface area contributed by atoms with Crippen molar-refractivity contribution in [1.82, 2.24) is 9.80 Å². The summed E-state index contributed by atoms with van der Waals surface area (Å²) in [4.78, 5) is 30.1. The van der Waals surface area contributed by atoms with Gasteiger partial charge in [0.25, 0.3) is 0 Å². The van der Waals surface area contributed by atoms with Crippen LogP contribution in [0.3, 0.4) is 0 Å². The van der Waals surface area contributed by atoms with E-state index in [0.29, 0.717) is 19.0 Å². The van der Waals surface area contributed by atoms with E-state index in [0.717, 1.165) is 70.6 Å². The monoisotopic (exact) mass is 348 g/mol. The Morgan fingerprint density at radius 3 is 2.32 bits per heavy atom. The van der Waals surface area contributed by atoms with Gasteiger partial charge in [0.15, 0.2) is 0 Å². The summed E-state index contributed by atoms with van der Waals surface area (Å²) >= 11 is 0. The number of hydrogen-bond acceptors (Lipinski definition) is 3. The van der Waals surface area contributed by atoms with Crippen LogP contribution < -0.4 is 0 Å². The molecule has 1 aliphatic carbocycles. The molecule has 0 N–H and O–H groups in total. The summed E-state index contributed by atoms with van der Waals surface area (Å²) in [6, 6.07) is 0. The smallest absolute Gasteiger partial charge is 0.227 e. The normalized spacial score (nSPS) is 38.7. The molecule has 1 saturated carbocycles. The summed E-state index contributed by atoms with van der Waals surface area (Å²) in [5, 5.41) is 0. The average Bonchev–Trinajstić information content (AvgIpc) is 3.31. The van der Waals surface area contributed by atoms with Crippen LogP contribution in [0.5, 0.6) is 0 Å². The number of likely N-dealkylation sites (tertiary alicyclic amines) is 2. The highest BCUT2D eigenvalue weighted by atomic mass is 16.5. The number of nitrogens with zero attached hydrogens (tertiary/aromatic N) is 2. The van der Waals surface area contributed by atoms with E-state index in [1.807, 2.05) is 9.80 Å². The summed E-state index contributed by atoms with van der Waals surface area (Å²) in [6.45, 7) is 6.11. The van der Waals surface area contributed by atoms with E-state index in [9.17, 15) is 9.59 Å². The average molecular weight is 348 g/mol. The van der Waals surface area contributed by atoms with Gasteiger partial charge in [0.1, 0.15) is 0 Å². The van der Waals surface area contributed by atoms with Crippen molar-refractivity contribution in [3.8, 4) is 0 Å². The Balaban J connectivity index is 1.46. The Labute approximate surface area is 151 Å². The highest BCUT2D eigenvalue weighted by molar-refractivity contribution is 5.83. The molecule has 25 heavy (non-hydrogen) atoms. The van der Waals surface area contributed by atoms with Crippen LogP contribution in [0.15, 0.2) is 0 Å². The second-order valence-electron chi connectivity index (χ2n) is 8.70. The Kier molecular flexibility index (Phi) is 5.03. The summed E-state index contributed by atoms with van der Waals surface area (Å²) in [7, 11) is 0. The van der Waals surface area contributed by atoms with Crippen molar-refractivity contribution in [1.29, 1.82) is 0 Å². The standard InChI is InChI=1S/C20H32N2O3/c1-14-4-6-15(7-5-14)19(23)22-12-17(16-8-11-25-18(16)13-22)20(24)21-9-2-3-10-21/h14-18H,2-13H2,1H3/t14?,15?,16-,17+,18+/m0/s1. The maximum Gasteiger partial charge on any atom is 0.227 e. The molecule has 0 bridgehead atoms. The summed E-state index contributed by atoms with van der Waals surface area (Å²) in [5.74, 6) is 1.72. The van der Waals surface area contributed by atoms with Crippen molar-refractivity contribution < 1.29 is 14.3 Å². The Morgan fingerprint density at radius 1 is 0.880 bits per heavy atom. The summed E-state index contributed by atoms with van der Waals surface area (Å²) in [5.41, 5.74) is 0. The van der Waals surface area contributed by atoms with E-state index in [1.54, 1.807) is 0 Å². The molecule has 2 amide bonds. The Bertz CT molecular complexity index is 509. The number of rotatable bonds is 2. The lowest BCUT2D eigenvalue weighted by Gasteiger charge is -2.42. The van der Waals surface area contributed by atoms with Gasteiger partial charge in [-0.2, -0.15) is 0 Å². The molecular formula is C20H32N2O3. The molecule has 4 rings (SSSR count). The fourth-order valence-electron chi connectivity index (χ4n) is 5.36. The number of fused-ring (bicyclic) bond motifs is 1. The summed E-state index contributed by atoms with van der Waals surface area (Å²) in [6.07, 6.45) is 7.60. The first-order valence-corrected chi connectivity index (χ1v) is 10.3. The second kappa shape index (κ2) is 7.26. The Morgan fingerprint density at radius 2 is 1.60 bits per heavy atom. The zero-order valence-electron chi connectivity index (χ0n) is 15.5. The van der Waals surface area contributed by atoms with Crippen LogP contribution in [0.2, 0.25) is 0 Å². The van der Waals surface area contributed by atoms with Gasteiger partial charge in [-0.15, -0.1) is 0 Å². The topological polar surface area (TPSA) is 49.9 Å². The second-order valence-corrected chi connectivity index (χ2v) is 8.70. The number of amides is 2. The molecule has 5 nitrogen and oxygen atoms in total. The first-order chi connectivity index (χ1) is 12.1. The molecule has 0 aromatic rings. The van der Waals surface area contributed by atoms with Crippen molar-refractivity contribution >= 4 is 11.8 Å². The molecule has 4 aliphatic rings. The Hall–Kier alpha value is -1.10. The van der Waals surface area contributed by atoms with Gasteiger partial charge in [0, 0.05) is 44.6 Å². The van der Waals surface area contributed by atoms with Gasteiger partial charge < -0.3 is 14.5 Å². The highest BCUT2D eigenvalue weighted by Crippen LogP contribution is 2.37. The molecule has 0 unspecified atom stereocenters. The van der Waals surface area contributed by atoms with E-state index in [2.05, 4.69) is 6.92 Å².